The maximum atomic E-state index is 8.86. The molecule has 1 unspecified atom stereocenters. The van der Waals surface area contributed by atoms with Gasteiger partial charge < -0.3 is 20.6 Å². The van der Waals surface area contributed by atoms with E-state index in [1.807, 2.05) is 0 Å². The fourth-order valence-electron chi connectivity index (χ4n) is 2.49. The van der Waals surface area contributed by atoms with Crippen molar-refractivity contribution in [1.29, 1.82) is 0 Å². The molecular weight excluding hydrogens is 244 g/mol. The first kappa shape index (κ1) is 13.6. The number of hydrogen-bond acceptors (Lipinski definition) is 5. The van der Waals surface area contributed by atoms with Crippen LogP contribution in [0.2, 0.25) is 0 Å². The average molecular weight is 264 g/mol. The summed E-state index contributed by atoms with van der Waals surface area (Å²) >= 11 is 0. The summed E-state index contributed by atoms with van der Waals surface area (Å²) in [5, 5.41) is 11.9. The zero-order chi connectivity index (χ0) is 13.9. The largest absolute Gasteiger partial charge is 0.409 e. The van der Waals surface area contributed by atoms with Gasteiger partial charge in [-0.3, -0.25) is 4.98 Å². The molecule has 1 aromatic heterocycles. The molecule has 1 atom stereocenters. The highest BCUT2D eigenvalue weighted by Gasteiger charge is 2.32. The number of rotatable bonds is 3. The number of aromatic nitrogens is 1. The van der Waals surface area contributed by atoms with Crippen molar-refractivity contribution in [2.75, 3.05) is 25.1 Å². The van der Waals surface area contributed by atoms with Crippen molar-refractivity contribution < 1.29 is 9.94 Å². The number of hydrogen-bond donors (Lipinski definition) is 2. The van der Waals surface area contributed by atoms with Crippen molar-refractivity contribution in [3.63, 3.8) is 0 Å². The molecular formula is C13H20N4O2. The van der Waals surface area contributed by atoms with Crippen molar-refractivity contribution in [1.82, 2.24) is 4.98 Å². The first-order valence-electron chi connectivity index (χ1n) is 6.31. The minimum Gasteiger partial charge on any atom is -0.409 e. The molecule has 0 bridgehead atoms. The first-order chi connectivity index (χ1) is 9.09. The Balaban J connectivity index is 2.32. The zero-order valence-electron chi connectivity index (χ0n) is 11.3. The summed E-state index contributed by atoms with van der Waals surface area (Å²) in [4.78, 5) is 6.31. The molecule has 2 heterocycles. The summed E-state index contributed by atoms with van der Waals surface area (Å²) in [5.41, 5.74) is 7.11. The van der Waals surface area contributed by atoms with Crippen molar-refractivity contribution in [2.45, 2.75) is 25.4 Å². The second-order valence-electron chi connectivity index (χ2n) is 5.06. The van der Waals surface area contributed by atoms with Gasteiger partial charge in [0.25, 0.3) is 0 Å². The van der Waals surface area contributed by atoms with Crippen LogP contribution in [0.4, 0.5) is 5.69 Å². The third-order valence-corrected chi connectivity index (χ3v) is 3.68. The summed E-state index contributed by atoms with van der Waals surface area (Å²) in [6.07, 6.45) is 5.44. The van der Waals surface area contributed by atoms with Crippen LogP contribution in [0.15, 0.2) is 23.6 Å². The fraction of sp³-hybridized carbons (Fsp3) is 0.538. The molecule has 0 aromatic carbocycles. The minimum atomic E-state index is -0.170. The number of amidine groups is 1. The van der Waals surface area contributed by atoms with Crippen LogP contribution in [-0.4, -0.2) is 41.8 Å². The monoisotopic (exact) mass is 264 g/mol. The molecule has 0 amide bonds. The molecule has 1 aromatic rings. The van der Waals surface area contributed by atoms with E-state index >= 15 is 0 Å². The molecule has 1 saturated heterocycles. The lowest BCUT2D eigenvalue weighted by Gasteiger charge is -2.41. The van der Waals surface area contributed by atoms with Gasteiger partial charge in [0.1, 0.15) is 0 Å². The number of pyridine rings is 1. The van der Waals surface area contributed by atoms with Crippen LogP contribution in [0.3, 0.4) is 0 Å². The van der Waals surface area contributed by atoms with Gasteiger partial charge >= 0.3 is 0 Å². The fourth-order valence-corrected chi connectivity index (χ4v) is 2.49. The van der Waals surface area contributed by atoms with Crippen LogP contribution < -0.4 is 10.6 Å². The van der Waals surface area contributed by atoms with Crippen molar-refractivity contribution in [2.24, 2.45) is 10.9 Å². The predicted octanol–water partition coefficient (Wildman–Crippen LogP) is 1.18. The van der Waals surface area contributed by atoms with Crippen LogP contribution in [0.5, 0.6) is 0 Å². The Morgan fingerprint density at radius 1 is 1.63 bits per heavy atom. The number of anilines is 1. The first-order valence-corrected chi connectivity index (χ1v) is 6.31. The van der Waals surface area contributed by atoms with E-state index in [1.54, 1.807) is 25.6 Å². The van der Waals surface area contributed by atoms with E-state index in [4.69, 9.17) is 15.7 Å². The second kappa shape index (κ2) is 5.44. The highest BCUT2D eigenvalue weighted by molar-refractivity contribution is 6.02. The number of nitrogens with zero attached hydrogens (tertiary/aromatic N) is 3. The van der Waals surface area contributed by atoms with E-state index in [1.165, 1.54) is 0 Å². The molecule has 0 spiro atoms. The average Bonchev–Trinajstić information content (AvgIpc) is 2.46. The molecule has 104 valence electrons. The van der Waals surface area contributed by atoms with E-state index in [-0.39, 0.29) is 11.4 Å². The molecule has 19 heavy (non-hydrogen) atoms. The summed E-state index contributed by atoms with van der Waals surface area (Å²) in [5.74, 6) is 0.0992. The summed E-state index contributed by atoms with van der Waals surface area (Å²) in [6.45, 7) is 3.77. The Hall–Kier alpha value is -1.82. The SMILES string of the molecule is COC1(C)CCCN(c2cnccc2/C(N)=N/O)C1. The smallest absolute Gasteiger partial charge is 0.172 e. The van der Waals surface area contributed by atoms with Crippen LogP contribution >= 0.6 is 0 Å². The van der Waals surface area contributed by atoms with Gasteiger partial charge in [0.2, 0.25) is 0 Å². The van der Waals surface area contributed by atoms with Crippen molar-refractivity contribution in [3.05, 3.63) is 24.0 Å². The van der Waals surface area contributed by atoms with Gasteiger partial charge in [0.05, 0.1) is 17.5 Å². The Kier molecular flexibility index (Phi) is 3.90. The maximum absolute atomic E-state index is 8.86. The topological polar surface area (TPSA) is 84.0 Å². The minimum absolute atomic E-state index is 0.0992. The van der Waals surface area contributed by atoms with Crippen LogP contribution in [0.25, 0.3) is 0 Å². The Morgan fingerprint density at radius 2 is 2.42 bits per heavy atom. The molecule has 1 aliphatic heterocycles. The van der Waals surface area contributed by atoms with Gasteiger partial charge in [-0.2, -0.15) is 0 Å². The third kappa shape index (κ3) is 2.78. The van der Waals surface area contributed by atoms with Crippen molar-refractivity contribution >= 4 is 11.5 Å². The Morgan fingerprint density at radius 3 is 3.11 bits per heavy atom. The zero-order valence-corrected chi connectivity index (χ0v) is 11.3. The number of oxime groups is 1. The van der Waals surface area contributed by atoms with Crippen LogP contribution in [0.1, 0.15) is 25.3 Å². The predicted molar refractivity (Wildman–Crippen MR) is 73.6 cm³/mol. The number of nitrogens with two attached hydrogens (primary N) is 1. The van der Waals surface area contributed by atoms with E-state index in [0.717, 1.165) is 31.6 Å². The molecule has 0 radical (unpaired) electrons. The maximum Gasteiger partial charge on any atom is 0.172 e. The second-order valence-corrected chi connectivity index (χ2v) is 5.06. The lowest BCUT2D eigenvalue weighted by molar-refractivity contribution is -0.00467. The molecule has 6 nitrogen and oxygen atoms in total. The van der Waals surface area contributed by atoms with Gasteiger partial charge in [-0.05, 0) is 25.8 Å². The van der Waals surface area contributed by atoms with Crippen LogP contribution in [0, 0.1) is 0 Å². The van der Waals surface area contributed by atoms with Gasteiger partial charge in [0.15, 0.2) is 5.84 Å². The van der Waals surface area contributed by atoms with Crippen LogP contribution in [-0.2, 0) is 4.74 Å². The molecule has 6 heteroatoms. The van der Waals surface area contributed by atoms with E-state index in [9.17, 15) is 0 Å². The van der Waals surface area contributed by atoms with Gasteiger partial charge in [-0.15, -0.1) is 0 Å². The van der Waals surface area contributed by atoms with E-state index in [0.29, 0.717) is 5.56 Å². The quantitative estimate of drug-likeness (QED) is 0.371. The lowest BCUT2D eigenvalue weighted by Crippen LogP contribution is -2.48. The van der Waals surface area contributed by atoms with Gasteiger partial charge in [-0.25, -0.2) is 0 Å². The Bertz CT molecular complexity index is 477. The molecule has 0 saturated carbocycles. The third-order valence-electron chi connectivity index (χ3n) is 3.68. The molecule has 2 rings (SSSR count). The molecule has 0 aliphatic carbocycles. The summed E-state index contributed by atoms with van der Waals surface area (Å²) in [6, 6.07) is 1.75. The highest BCUT2D eigenvalue weighted by atomic mass is 16.5. The van der Waals surface area contributed by atoms with Gasteiger partial charge in [-0.1, -0.05) is 5.16 Å². The molecule has 3 N–H and O–H groups in total. The number of methoxy groups -OCH3 is 1. The summed E-state index contributed by atoms with van der Waals surface area (Å²) in [7, 11) is 1.73. The van der Waals surface area contributed by atoms with E-state index in [2.05, 4.69) is 22.0 Å². The lowest BCUT2D eigenvalue weighted by atomic mass is 9.94. The highest BCUT2D eigenvalue weighted by Crippen LogP contribution is 2.29. The normalized spacial score (nSPS) is 24.5. The molecule has 1 fully saturated rings. The standard InChI is InChI=1S/C13H20N4O2/c1-13(19-2)5-3-7-17(9-13)11-8-15-6-4-10(11)12(14)16-18/h4,6,8,18H,3,5,7,9H2,1-2H3,(H2,14,16). The Labute approximate surface area is 112 Å². The van der Waals surface area contributed by atoms with Gasteiger partial charge in [0, 0.05) is 32.0 Å². The van der Waals surface area contributed by atoms with Crippen molar-refractivity contribution in [3.8, 4) is 0 Å². The number of piperidine rings is 1. The number of ether oxygens (including phenoxy) is 1. The van der Waals surface area contributed by atoms with E-state index < -0.39 is 0 Å². The molecule has 1 aliphatic rings. The summed E-state index contributed by atoms with van der Waals surface area (Å²) < 4.78 is 5.58.